The molecule has 0 heterocycles. The van der Waals surface area contributed by atoms with Crippen molar-refractivity contribution < 1.29 is 9.90 Å². The second-order valence-electron chi connectivity index (χ2n) is 4.70. The second kappa shape index (κ2) is 4.56. The van der Waals surface area contributed by atoms with Crippen LogP contribution in [0.4, 0.5) is 5.69 Å². The molecule has 3 heteroatoms. The van der Waals surface area contributed by atoms with Crippen LogP contribution in [0.15, 0.2) is 18.2 Å². The molecule has 0 saturated heterocycles. The lowest BCUT2D eigenvalue weighted by Gasteiger charge is -2.26. The molecule has 0 unspecified atom stereocenters. The van der Waals surface area contributed by atoms with Crippen molar-refractivity contribution in [2.24, 2.45) is 0 Å². The summed E-state index contributed by atoms with van der Waals surface area (Å²) in [7, 11) is 0. The van der Waals surface area contributed by atoms with Crippen molar-refractivity contribution in [3.63, 3.8) is 0 Å². The zero-order valence-electron chi connectivity index (χ0n) is 10.3. The highest BCUT2D eigenvalue weighted by atomic mass is 16.4. The van der Waals surface area contributed by atoms with Crippen LogP contribution in [0, 0.1) is 6.92 Å². The first kappa shape index (κ1) is 12.6. The molecule has 0 aliphatic carbocycles. The van der Waals surface area contributed by atoms with E-state index in [9.17, 15) is 4.79 Å². The number of carboxylic acid groups (broad SMARTS) is 1. The molecule has 1 aromatic carbocycles. The van der Waals surface area contributed by atoms with E-state index in [0.717, 1.165) is 17.7 Å². The maximum Gasteiger partial charge on any atom is 0.335 e. The Bertz CT molecular complexity index is 397. The molecule has 0 aliphatic heterocycles. The van der Waals surface area contributed by atoms with E-state index >= 15 is 0 Å². The van der Waals surface area contributed by atoms with Gasteiger partial charge in [-0.15, -0.1) is 0 Å². The minimum atomic E-state index is -0.876. The van der Waals surface area contributed by atoms with Gasteiger partial charge in [0.05, 0.1) is 5.56 Å². The summed E-state index contributed by atoms with van der Waals surface area (Å²) in [6, 6.07) is 5.33. The van der Waals surface area contributed by atoms with Crippen LogP contribution in [-0.2, 0) is 0 Å². The molecule has 3 nitrogen and oxygen atoms in total. The monoisotopic (exact) mass is 221 g/mol. The molecular formula is C13H19NO2. The molecule has 0 atom stereocenters. The first-order chi connectivity index (χ1) is 7.35. The maximum absolute atomic E-state index is 10.9. The van der Waals surface area contributed by atoms with Crippen LogP contribution < -0.4 is 5.32 Å². The van der Waals surface area contributed by atoms with E-state index in [1.165, 1.54) is 0 Å². The molecular weight excluding hydrogens is 202 g/mol. The van der Waals surface area contributed by atoms with Crippen LogP contribution >= 0.6 is 0 Å². The highest BCUT2D eigenvalue weighted by Gasteiger charge is 2.15. The van der Waals surface area contributed by atoms with Gasteiger partial charge >= 0.3 is 5.97 Å². The van der Waals surface area contributed by atoms with Crippen molar-refractivity contribution in [1.82, 2.24) is 0 Å². The predicted molar refractivity (Wildman–Crippen MR) is 66.1 cm³/mol. The van der Waals surface area contributed by atoms with Gasteiger partial charge in [0.25, 0.3) is 0 Å². The Morgan fingerprint density at radius 3 is 2.50 bits per heavy atom. The van der Waals surface area contributed by atoms with Gasteiger partial charge in [-0.3, -0.25) is 0 Å². The molecule has 0 bridgehead atoms. The standard InChI is InChI=1S/C13H19NO2/c1-5-13(3,4)14-10-6-7-11(12(15)16)9(2)8-10/h6-8,14H,5H2,1-4H3,(H,15,16). The maximum atomic E-state index is 10.9. The Balaban J connectivity index is 2.94. The smallest absolute Gasteiger partial charge is 0.335 e. The molecule has 2 N–H and O–H groups in total. The van der Waals surface area contributed by atoms with Crippen LogP contribution in [0.5, 0.6) is 0 Å². The first-order valence-corrected chi connectivity index (χ1v) is 5.48. The molecule has 1 rings (SSSR count). The Morgan fingerprint density at radius 2 is 2.06 bits per heavy atom. The number of anilines is 1. The fraction of sp³-hybridized carbons (Fsp3) is 0.462. The van der Waals surface area contributed by atoms with Gasteiger partial charge in [0, 0.05) is 11.2 Å². The lowest BCUT2D eigenvalue weighted by Crippen LogP contribution is -2.29. The lowest BCUT2D eigenvalue weighted by atomic mass is 10.0. The molecule has 0 radical (unpaired) electrons. The van der Waals surface area contributed by atoms with Crippen LogP contribution in [-0.4, -0.2) is 16.6 Å². The molecule has 1 aromatic rings. The van der Waals surface area contributed by atoms with Gasteiger partial charge in [-0.1, -0.05) is 6.92 Å². The van der Waals surface area contributed by atoms with Crippen LogP contribution in [0.25, 0.3) is 0 Å². The minimum absolute atomic E-state index is 0.0250. The zero-order valence-corrected chi connectivity index (χ0v) is 10.3. The van der Waals surface area contributed by atoms with E-state index in [1.807, 2.05) is 19.1 Å². The zero-order chi connectivity index (χ0) is 12.3. The quantitative estimate of drug-likeness (QED) is 0.820. The van der Waals surface area contributed by atoms with Gasteiger partial charge in [0.1, 0.15) is 0 Å². The summed E-state index contributed by atoms with van der Waals surface area (Å²) in [5.41, 5.74) is 2.13. The number of rotatable bonds is 4. The van der Waals surface area contributed by atoms with E-state index in [0.29, 0.717) is 5.56 Å². The number of hydrogen-bond donors (Lipinski definition) is 2. The molecule has 0 saturated carbocycles. The fourth-order valence-corrected chi connectivity index (χ4v) is 1.46. The summed E-state index contributed by atoms with van der Waals surface area (Å²) in [5, 5.41) is 12.3. The first-order valence-electron chi connectivity index (χ1n) is 5.48. The normalized spacial score (nSPS) is 11.2. The van der Waals surface area contributed by atoms with E-state index in [2.05, 4.69) is 26.1 Å². The molecule has 0 aliphatic rings. The number of carboxylic acids is 1. The average Bonchev–Trinajstić information content (AvgIpc) is 2.16. The molecule has 0 fully saturated rings. The SMILES string of the molecule is CCC(C)(C)Nc1ccc(C(=O)O)c(C)c1. The molecule has 0 spiro atoms. The van der Waals surface area contributed by atoms with Crippen LogP contribution in [0.3, 0.4) is 0 Å². The van der Waals surface area contributed by atoms with E-state index < -0.39 is 5.97 Å². The molecule has 0 aromatic heterocycles. The van der Waals surface area contributed by atoms with E-state index in [1.54, 1.807) is 6.07 Å². The Hall–Kier alpha value is -1.51. The van der Waals surface area contributed by atoms with Gasteiger partial charge < -0.3 is 10.4 Å². The Morgan fingerprint density at radius 1 is 1.44 bits per heavy atom. The number of aromatic carboxylic acids is 1. The third-order valence-corrected chi connectivity index (χ3v) is 2.82. The lowest BCUT2D eigenvalue weighted by molar-refractivity contribution is 0.0696. The molecule has 16 heavy (non-hydrogen) atoms. The number of nitrogens with one attached hydrogen (secondary N) is 1. The highest BCUT2D eigenvalue weighted by molar-refractivity contribution is 5.89. The topological polar surface area (TPSA) is 49.3 Å². The van der Waals surface area contributed by atoms with Crippen molar-refractivity contribution in [3.05, 3.63) is 29.3 Å². The Kier molecular flexibility index (Phi) is 3.58. The molecule has 0 amide bonds. The largest absolute Gasteiger partial charge is 0.478 e. The summed E-state index contributed by atoms with van der Waals surface area (Å²) >= 11 is 0. The number of benzene rings is 1. The summed E-state index contributed by atoms with van der Waals surface area (Å²) in [5.74, 6) is -0.876. The Labute approximate surface area is 96.5 Å². The number of hydrogen-bond acceptors (Lipinski definition) is 2. The number of aryl methyl sites for hydroxylation is 1. The van der Waals surface area contributed by atoms with Crippen molar-refractivity contribution >= 4 is 11.7 Å². The van der Waals surface area contributed by atoms with Gasteiger partial charge in [-0.25, -0.2) is 4.79 Å². The van der Waals surface area contributed by atoms with Crippen LogP contribution in [0.2, 0.25) is 0 Å². The minimum Gasteiger partial charge on any atom is -0.478 e. The van der Waals surface area contributed by atoms with Crippen molar-refractivity contribution in [2.75, 3.05) is 5.32 Å². The summed E-state index contributed by atoms with van der Waals surface area (Å²) in [4.78, 5) is 10.9. The van der Waals surface area contributed by atoms with Crippen LogP contribution in [0.1, 0.15) is 43.1 Å². The van der Waals surface area contributed by atoms with Crippen molar-refractivity contribution in [2.45, 2.75) is 39.7 Å². The summed E-state index contributed by atoms with van der Waals surface area (Å²) in [6.45, 7) is 8.17. The fourth-order valence-electron chi connectivity index (χ4n) is 1.46. The summed E-state index contributed by atoms with van der Waals surface area (Å²) in [6.07, 6.45) is 1.01. The van der Waals surface area contributed by atoms with Gasteiger partial charge in [0.2, 0.25) is 0 Å². The van der Waals surface area contributed by atoms with E-state index in [-0.39, 0.29) is 5.54 Å². The van der Waals surface area contributed by atoms with Gasteiger partial charge in [-0.05, 0) is 51.0 Å². The number of carbonyl (C=O) groups is 1. The predicted octanol–water partition coefficient (Wildman–Crippen LogP) is 3.29. The second-order valence-corrected chi connectivity index (χ2v) is 4.70. The third kappa shape index (κ3) is 2.99. The average molecular weight is 221 g/mol. The molecule has 88 valence electrons. The third-order valence-electron chi connectivity index (χ3n) is 2.82. The van der Waals surface area contributed by atoms with Crippen molar-refractivity contribution in [3.8, 4) is 0 Å². The van der Waals surface area contributed by atoms with Crippen molar-refractivity contribution in [1.29, 1.82) is 0 Å². The highest BCUT2D eigenvalue weighted by Crippen LogP contribution is 2.20. The summed E-state index contributed by atoms with van der Waals surface area (Å²) < 4.78 is 0. The van der Waals surface area contributed by atoms with Gasteiger partial charge in [0.15, 0.2) is 0 Å². The van der Waals surface area contributed by atoms with Gasteiger partial charge in [-0.2, -0.15) is 0 Å². The van der Waals surface area contributed by atoms with E-state index in [4.69, 9.17) is 5.11 Å².